The molecule has 1 rings (SSSR count). The van der Waals surface area contributed by atoms with Gasteiger partial charge in [0.05, 0.1) is 12.4 Å². The fourth-order valence-electron chi connectivity index (χ4n) is 1.07. The molecule has 0 fully saturated rings. The molecule has 0 radical (unpaired) electrons. The molecule has 74 valence electrons. The van der Waals surface area contributed by atoms with Crippen LogP contribution in [0, 0.1) is 0 Å². The first-order valence-electron chi connectivity index (χ1n) is 4.68. The molecule has 0 aromatic rings. The van der Waals surface area contributed by atoms with E-state index in [4.69, 9.17) is 4.74 Å². The number of hydrogen-bond acceptors (Lipinski definition) is 3. The largest absolute Gasteiger partial charge is 0.490 e. The van der Waals surface area contributed by atoms with Crippen LogP contribution in [0.25, 0.3) is 0 Å². The summed E-state index contributed by atoms with van der Waals surface area (Å²) in [6, 6.07) is 0. The molecule has 0 amide bonds. The van der Waals surface area contributed by atoms with E-state index in [1.807, 2.05) is 6.08 Å². The monoisotopic (exact) mass is 200 g/mol. The first-order valence-corrected chi connectivity index (χ1v) is 5.73. The van der Waals surface area contributed by atoms with Crippen molar-refractivity contribution in [3.8, 4) is 0 Å². The van der Waals surface area contributed by atoms with E-state index in [9.17, 15) is 4.79 Å². The lowest BCUT2D eigenvalue weighted by molar-refractivity contribution is -0.116. The minimum absolute atomic E-state index is 0.137. The lowest BCUT2D eigenvalue weighted by atomic mass is 10.2. The number of carbonyl (C=O) groups excluding carboxylic acids is 1. The van der Waals surface area contributed by atoms with Crippen molar-refractivity contribution in [1.82, 2.24) is 0 Å². The number of hydrogen-bond donors (Lipinski definition) is 0. The summed E-state index contributed by atoms with van der Waals surface area (Å²) < 4.78 is 5.27. The molecule has 0 spiro atoms. The quantitative estimate of drug-likeness (QED) is 0.697. The molecule has 0 unspecified atom stereocenters. The lowest BCUT2D eigenvalue weighted by Gasteiger charge is -2.13. The molecule has 0 atom stereocenters. The van der Waals surface area contributed by atoms with Crippen LogP contribution < -0.4 is 0 Å². The van der Waals surface area contributed by atoms with Crippen molar-refractivity contribution in [2.45, 2.75) is 31.9 Å². The van der Waals surface area contributed by atoms with Crippen LogP contribution in [0.4, 0.5) is 0 Å². The molecule has 1 aliphatic rings. The molecule has 13 heavy (non-hydrogen) atoms. The van der Waals surface area contributed by atoms with Gasteiger partial charge in [0.2, 0.25) is 5.78 Å². The number of ether oxygens (including phenoxy) is 1. The lowest BCUT2D eigenvalue weighted by Crippen LogP contribution is -2.13. The summed E-state index contributed by atoms with van der Waals surface area (Å²) >= 11 is 1.66. The fourth-order valence-corrected chi connectivity index (χ4v) is 1.69. The van der Waals surface area contributed by atoms with Crippen molar-refractivity contribution in [1.29, 1.82) is 0 Å². The van der Waals surface area contributed by atoms with E-state index in [1.165, 1.54) is 0 Å². The average molecular weight is 200 g/mol. The topological polar surface area (TPSA) is 26.3 Å². The van der Waals surface area contributed by atoms with Crippen molar-refractivity contribution >= 4 is 17.5 Å². The van der Waals surface area contributed by atoms with Gasteiger partial charge in [0.1, 0.15) is 0 Å². The van der Waals surface area contributed by atoms with E-state index in [1.54, 1.807) is 11.8 Å². The molecular weight excluding hydrogens is 184 g/mol. The summed E-state index contributed by atoms with van der Waals surface area (Å²) in [5, 5.41) is 0.508. The van der Waals surface area contributed by atoms with E-state index in [0.717, 1.165) is 12.8 Å². The zero-order chi connectivity index (χ0) is 9.68. The Morgan fingerprint density at radius 2 is 2.46 bits per heavy atom. The van der Waals surface area contributed by atoms with E-state index < -0.39 is 0 Å². The van der Waals surface area contributed by atoms with E-state index in [-0.39, 0.29) is 5.78 Å². The summed E-state index contributed by atoms with van der Waals surface area (Å²) in [7, 11) is 0. The molecule has 0 aromatic heterocycles. The maximum atomic E-state index is 11.5. The number of rotatable bonds is 4. The van der Waals surface area contributed by atoms with Crippen LogP contribution in [0.15, 0.2) is 11.8 Å². The second-order valence-corrected chi connectivity index (χ2v) is 4.91. The van der Waals surface area contributed by atoms with Gasteiger partial charge in [-0.25, -0.2) is 0 Å². The maximum Gasteiger partial charge on any atom is 0.206 e. The van der Waals surface area contributed by atoms with E-state index in [2.05, 4.69) is 13.8 Å². The summed E-state index contributed by atoms with van der Waals surface area (Å²) in [5.41, 5.74) is 0. The SMILES string of the molecule is CC(C)SCC(=O)C1=CCCCO1. The highest BCUT2D eigenvalue weighted by molar-refractivity contribution is 8.00. The number of ketones is 1. The molecular formula is C10H16O2S. The van der Waals surface area contributed by atoms with Gasteiger partial charge < -0.3 is 4.74 Å². The Hall–Kier alpha value is -0.440. The zero-order valence-electron chi connectivity index (χ0n) is 8.21. The molecule has 1 heterocycles. The maximum absolute atomic E-state index is 11.5. The Bertz CT molecular complexity index is 209. The van der Waals surface area contributed by atoms with Crippen LogP contribution in [0.3, 0.4) is 0 Å². The first-order chi connectivity index (χ1) is 6.20. The predicted octanol–water partition coefficient (Wildman–Crippen LogP) is 2.39. The van der Waals surface area contributed by atoms with Crippen molar-refractivity contribution in [3.05, 3.63) is 11.8 Å². The highest BCUT2D eigenvalue weighted by atomic mass is 32.2. The van der Waals surface area contributed by atoms with Crippen molar-refractivity contribution in [2.24, 2.45) is 0 Å². The minimum atomic E-state index is 0.137. The third kappa shape index (κ3) is 3.85. The third-order valence-electron chi connectivity index (χ3n) is 1.76. The van der Waals surface area contributed by atoms with Gasteiger partial charge in [0, 0.05) is 0 Å². The summed E-state index contributed by atoms with van der Waals surface area (Å²) in [4.78, 5) is 11.5. The van der Waals surface area contributed by atoms with Gasteiger partial charge in [-0.2, -0.15) is 11.8 Å². The van der Waals surface area contributed by atoms with Crippen molar-refractivity contribution in [2.75, 3.05) is 12.4 Å². The van der Waals surface area contributed by atoms with Crippen LogP contribution in [0.2, 0.25) is 0 Å². The van der Waals surface area contributed by atoms with Gasteiger partial charge in [-0.1, -0.05) is 13.8 Å². The molecule has 3 heteroatoms. The van der Waals surface area contributed by atoms with Gasteiger partial charge in [0.15, 0.2) is 5.76 Å². The second kappa shape index (κ2) is 5.32. The second-order valence-electron chi connectivity index (χ2n) is 3.34. The van der Waals surface area contributed by atoms with Crippen LogP contribution in [0.1, 0.15) is 26.7 Å². The molecule has 2 nitrogen and oxygen atoms in total. The molecule has 0 aromatic carbocycles. The average Bonchev–Trinajstić information content (AvgIpc) is 2.15. The van der Waals surface area contributed by atoms with E-state index >= 15 is 0 Å². The molecule has 0 saturated carbocycles. The number of allylic oxidation sites excluding steroid dienone is 2. The molecule has 1 aliphatic heterocycles. The third-order valence-corrected chi connectivity index (χ3v) is 2.85. The van der Waals surface area contributed by atoms with Crippen molar-refractivity contribution in [3.63, 3.8) is 0 Å². The minimum Gasteiger partial charge on any atom is -0.490 e. The van der Waals surface area contributed by atoms with Crippen LogP contribution in [-0.4, -0.2) is 23.4 Å². The van der Waals surface area contributed by atoms with Gasteiger partial charge in [-0.3, -0.25) is 4.79 Å². The van der Waals surface area contributed by atoms with Gasteiger partial charge in [-0.15, -0.1) is 0 Å². The highest BCUT2D eigenvalue weighted by Crippen LogP contribution is 2.15. The Kier molecular flexibility index (Phi) is 4.36. The normalized spacial score (nSPS) is 16.7. The molecule has 0 saturated heterocycles. The first kappa shape index (κ1) is 10.6. The van der Waals surface area contributed by atoms with Crippen LogP contribution in [-0.2, 0) is 9.53 Å². The summed E-state index contributed by atoms with van der Waals surface area (Å²) in [6.07, 6.45) is 3.92. The zero-order valence-corrected chi connectivity index (χ0v) is 9.02. The van der Waals surface area contributed by atoms with Crippen LogP contribution >= 0.6 is 11.8 Å². The Balaban J connectivity index is 2.34. The summed E-state index contributed by atoms with van der Waals surface area (Å²) in [5.74, 6) is 1.27. The molecule has 0 N–H and O–H groups in total. The highest BCUT2D eigenvalue weighted by Gasteiger charge is 2.13. The Morgan fingerprint density at radius 1 is 1.69 bits per heavy atom. The molecule has 0 aliphatic carbocycles. The predicted molar refractivity (Wildman–Crippen MR) is 55.9 cm³/mol. The molecule has 0 bridgehead atoms. The Labute approximate surface area is 83.7 Å². The fraction of sp³-hybridized carbons (Fsp3) is 0.700. The number of carbonyl (C=O) groups is 1. The van der Waals surface area contributed by atoms with Gasteiger partial charge >= 0.3 is 0 Å². The smallest absolute Gasteiger partial charge is 0.206 e. The standard InChI is InChI=1S/C10H16O2S/c1-8(2)13-7-9(11)10-5-3-4-6-12-10/h5,8H,3-4,6-7H2,1-2H3. The number of Topliss-reactive ketones (excluding diaryl/α,β-unsaturated/α-hetero) is 1. The van der Waals surface area contributed by atoms with Gasteiger partial charge in [-0.05, 0) is 24.2 Å². The van der Waals surface area contributed by atoms with Gasteiger partial charge in [0.25, 0.3) is 0 Å². The van der Waals surface area contributed by atoms with Crippen molar-refractivity contribution < 1.29 is 9.53 Å². The summed E-state index contributed by atoms with van der Waals surface area (Å²) in [6.45, 7) is 4.88. The van der Waals surface area contributed by atoms with Crippen LogP contribution in [0.5, 0.6) is 0 Å². The van der Waals surface area contributed by atoms with E-state index in [0.29, 0.717) is 23.4 Å². The number of thioether (sulfide) groups is 1. The Morgan fingerprint density at radius 3 is 3.00 bits per heavy atom.